The molecule has 2 amide bonds. The van der Waals surface area contributed by atoms with E-state index >= 15 is 0 Å². The quantitative estimate of drug-likeness (QED) is 0.369. The highest BCUT2D eigenvalue weighted by Gasteiger charge is 2.15. The van der Waals surface area contributed by atoms with Gasteiger partial charge in [-0.3, -0.25) is 20.4 Å². The summed E-state index contributed by atoms with van der Waals surface area (Å²) in [6, 6.07) is 15.1. The zero-order valence-corrected chi connectivity index (χ0v) is 18.0. The minimum Gasteiger partial charge on any atom is -0.352 e. The predicted octanol–water partition coefficient (Wildman–Crippen LogP) is 4.19. The molecule has 0 aromatic heterocycles. The SMILES string of the molecule is CCC/C(=C\C(=O)NNC(=O)c1ccc(C(OC)OC)cc1CC)c1ccccc1. The van der Waals surface area contributed by atoms with Crippen LogP contribution >= 0.6 is 0 Å². The highest BCUT2D eigenvalue weighted by molar-refractivity contribution is 6.00. The fourth-order valence-corrected chi connectivity index (χ4v) is 3.24. The van der Waals surface area contributed by atoms with Crippen LogP contribution in [0.25, 0.3) is 5.57 Å². The summed E-state index contributed by atoms with van der Waals surface area (Å²) in [6.07, 6.45) is 3.38. The number of allylic oxidation sites excluding steroid dienone is 1. The summed E-state index contributed by atoms with van der Waals surface area (Å²) in [5, 5.41) is 0. The average Bonchev–Trinajstić information content (AvgIpc) is 2.78. The lowest BCUT2D eigenvalue weighted by atomic mass is 10.0. The van der Waals surface area contributed by atoms with Crippen LogP contribution in [0.3, 0.4) is 0 Å². The maximum atomic E-state index is 12.6. The summed E-state index contributed by atoms with van der Waals surface area (Å²) in [5.41, 5.74) is 9.07. The van der Waals surface area contributed by atoms with Crippen LogP contribution in [0.5, 0.6) is 0 Å². The lowest BCUT2D eigenvalue weighted by molar-refractivity contribution is -0.117. The van der Waals surface area contributed by atoms with E-state index in [0.29, 0.717) is 12.0 Å². The van der Waals surface area contributed by atoms with E-state index in [4.69, 9.17) is 9.47 Å². The first-order valence-corrected chi connectivity index (χ1v) is 10.1. The van der Waals surface area contributed by atoms with Crippen molar-refractivity contribution in [1.29, 1.82) is 0 Å². The van der Waals surface area contributed by atoms with Crippen molar-refractivity contribution >= 4 is 17.4 Å². The van der Waals surface area contributed by atoms with Crippen LogP contribution in [-0.4, -0.2) is 26.0 Å². The molecule has 0 unspecified atom stereocenters. The Morgan fingerprint density at radius 1 is 1.00 bits per heavy atom. The van der Waals surface area contributed by atoms with Gasteiger partial charge in [0.15, 0.2) is 6.29 Å². The number of carbonyl (C=O) groups excluding carboxylic acids is 2. The zero-order valence-electron chi connectivity index (χ0n) is 18.0. The lowest BCUT2D eigenvalue weighted by Crippen LogP contribution is -2.41. The van der Waals surface area contributed by atoms with Gasteiger partial charge in [0.25, 0.3) is 11.8 Å². The van der Waals surface area contributed by atoms with Gasteiger partial charge in [-0.1, -0.05) is 56.7 Å². The number of methoxy groups -OCH3 is 2. The normalized spacial score (nSPS) is 11.4. The van der Waals surface area contributed by atoms with E-state index in [0.717, 1.165) is 35.1 Å². The third-order valence-corrected chi connectivity index (χ3v) is 4.72. The largest absolute Gasteiger partial charge is 0.352 e. The Hall–Kier alpha value is -2.96. The molecule has 0 aliphatic carbocycles. The van der Waals surface area contributed by atoms with Crippen LogP contribution in [0.4, 0.5) is 0 Å². The number of hydrogen-bond donors (Lipinski definition) is 2. The molecule has 0 fully saturated rings. The summed E-state index contributed by atoms with van der Waals surface area (Å²) in [7, 11) is 3.12. The van der Waals surface area contributed by atoms with Crippen molar-refractivity contribution in [3.05, 3.63) is 76.9 Å². The van der Waals surface area contributed by atoms with Gasteiger partial charge < -0.3 is 9.47 Å². The monoisotopic (exact) mass is 410 g/mol. The molecule has 6 heteroatoms. The van der Waals surface area contributed by atoms with Gasteiger partial charge in [0.2, 0.25) is 0 Å². The molecule has 0 radical (unpaired) electrons. The van der Waals surface area contributed by atoms with E-state index < -0.39 is 6.29 Å². The Labute approximate surface area is 178 Å². The number of amides is 2. The topological polar surface area (TPSA) is 76.7 Å². The van der Waals surface area contributed by atoms with E-state index in [1.54, 1.807) is 26.4 Å². The minimum absolute atomic E-state index is 0.371. The molecule has 0 spiro atoms. The van der Waals surface area contributed by atoms with Crippen molar-refractivity contribution in [2.24, 2.45) is 0 Å². The Morgan fingerprint density at radius 3 is 2.30 bits per heavy atom. The van der Waals surface area contributed by atoms with Crippen molar-refractivity contribution < 1.29 is 19.1 Å². The molecule has 2 aromatic rings. The first-order chi connectivity index (χ1) is 14.5. The fraction of sp³-hybridized carbons (Fsp3) is 0.333. The molecule has 6 nitrogen and oxygen atoms in total. The number of carbonyl (C=O) groups is 2. The molecule has 0 saturated carbocycles. The van der Waals surface area contributed by atoms with Crippen molar-refractivity contribution in [2.45, 2.75) is 39.4 Å². The molecular weight excluding hydrogens is 380 g/mol. The van der Waals surface area contributed by atoms with E-state index in [9.17, 15) is 9.59 Å². The van der Waals surface area contributed by atoms with Gasteiger partial charge in [-0.05, 0) is 41.7 Å². The molecule has 0 heterocycles. The van der Waals surface area contributed by atoms with Gasteiger partial charge in [0, 0.05) is 31.4 Å². The molecule has 0 aliphatic heterocycles. The lowest BCUT2D eigenvalue weighted by Gasteiger charge is -2.16. The average molecular weight is 411 g/mol. The predicted molar refractivity (Wildman–Crippen MR) is 118 cm³/mol. The zero-order chi connectivity index (χ0) is 21.9. The Kier molecular flexibility index (Phi) is 9.25. The summed E-state index contributed by atoms with van der Waals surface area (Å²) in [5.74, 6) is -0.743. The van der Waals surface area contributed by atoms with Gasteiger partial charge in [-0.25, -0.2) is 0 Å². The standard InChI is InChI=1S/C24H30N2O4/c1-5-10-19(18-11-8-7-9-12-18)16-22(27)25-26-23(28)21-14-13-20(15-17(21)6-2)24(29-3)30-4/h7-9,11-16,24H,5-6,10H2,1-4H3,(H,25,27)(H,26,28)/b19-16+. The Balaban J connectivity index is 2.09. The molecule has 160 valence electrons. The molecule has 0 atom stereocenters. The van der Waals surface area contributed by atoms with Crippen LogP contribution in [0, 0.1) is 0 Å². The van der Waals surface area contributed by atoms with Gasteiger partial charge in [-0.2, -0.15) is 0 Å². The van der Waals surface area contributed by atoms with Gasteiger partial charge >= 0.3 is 0 Å². The second-order valence-corrected chi connectivity index (χ2v) is 6.80. The van der Waals surface area contributed by atoms with Crippen molar-refractivity contribution in [1.82, 2.24) is 10.9 Å². The van der Waals surface area contributed by atoms with Crippen molar-refractivity contribution in [2.75, 3.05) is 14.2 Å². The van der Waals surface area contributed by atoms with E-state index in [-0.39, 0.29) is 11.8 Å². The first kappa shape index (κ1) is 23.3. The molecule has 2 rings (SSSR count). The van der Waals surface area contributed by atoms with Crippen LogP contribution in [0.2, 0.25) is 0 Å². The summed E-state index contributed by atoms with van der Waals surface area (Å²) >= 11 is 0. The third-order valence-electron chi connectivity index (χ3n) is 4.72. The number of hydrogen-bond acceptors (Lipinski definition) is 4. The molecule has 2 N–H and O–H groups in total. The Bertz CT molecular complexity index is 874. The summed E-state index contributed by atoms with van der Waals surface area (Å²) in [6.45, 7) is 4.02. The molecule has 0 aliphatic rings. The van der Waals surface area contributed by atoms with Crippen LogP contribution in [0.15, 0.2) is 54.6 Å². The molecule has 2 aromatic carbocycles. The molecule has 30 heavy (non-hydrogen) atoms. The van der Waals surface area contributed by atoms with Gasteiger partial charge in [0.05, 0.1) is 0 Å². The number of benzene rings is 2. The van der Waals surface area contributed by atoms with Crippen molar-refractivity contribution in [3.63, 3.8) is 0 Å². The highest BCUT2D eigenvalue weighted by atomic mass is 16.7. The molecule has 0 saturated heterocycles. The first-order valence-electron chi connectivity index (χ1n) is 10.1. The molecular formula is C24H30N2O4. The van der Waals surface area contributed by atoms with E-state index in [2.05, 4.69) is 17.8 Å². The maximum Gasteiger partial charge on any atom is 0.269 e. The number of nitrogens with one attached hydrogen (secondary N) is 2. The third kappa shape index (κ3) is 6.27. The summed E-state index contributed by atoms with van der Waals surface area (Å²) in [4.78, 5) is 25.0. The second-order valence-electron chi connectivity index (χ2n) is 6.80. The minimum atomic E-state index is -0.493. The summed E-state index contributed by atoms with van der Waals surface area (Å²) < 4.78 is 10.5. The van der Waals surface area contributed by atoms with E-state index in [1.807, 2.05) is 43.3 Å². The fourth-order valence-electron chi connectivity index (χ4n) is 3.24. The van der Waals surface area contributed by atoms with Crippen molar-refractivity contribution in [3.8, 4) is 0 Å². The number of aryl methyl sites for hydroxylation is 1. The molecule has 0 bridgehead atoms. The number of rotatable bonds is 9. The Morgan fingerprint density at radius 2 is 1.70 bits per heavy atom. The number of ether oxygens (including phenoxy) is 2. The second kappa shape index (κ2) is 11.9. The van der Waals surface area contributed by atoms with Crippen LogP contribution in [-0.2, 0) is 20.7 Å². The maximum absolute atomic E-state index is 12.6. The number of hydrazine groups is 1. The highest BCUT2D eigenvalue weighted by Crippen LogP contribution is 2.22. The van der Waals surface area contributed by atoms with Gasteiger partial charge in [0.1, 0.15) is 0 Å². The van der Waals surface area contributed by atoms with Crippen LogP contribution in [0.1, 0.15) is 60.0 Å². The van der Waals surface area contributed by atoms with Gasteiger partial charge in [-0.15, -0.1) is 0 Å². The van der Waals surface area contributed by atoms with E-state index in [1.165, 1.54) is 6.08 Å². The van der Waals surface area contributed by atoms with Crippen LogP contribution < -0.4 is 10.9 Å². The smallest absolute Gasteiger partial charge is 0.269 e.